The van der Waals surface area contributed by atoms with Crippen LogP contribution in [0.1, 0.15) is 31.2 Å². The highest BCUT2D eigenvalue weighted by Gasteiger charge is 2.29. The van der Waals surface area contributed by atoms with Crippen LogP contribution in [-0.2, 0) is 19.4 Å². The van der Waals surface area contributed by atoms with Gasteiger partial charge < -0.3 is 4.74 Å². The largest absolute Gasteiger partial charge is 0.494 e. The minimum absolute atomic E-state index is 0.0463. The molecule has 7 nitrogen and oxygen atoms in total. The molecule has 1 aliphatic heterocycles. The number of benzene rings is 1. The molecule has 1 aromatic carbocycles. The lowest BCUT2D eigenvalue weighted by Crippen LogP contribution is -2.42. The molecule has 0 spiro atoms. The summed E-state index contributed by atoms with van der Waals surface area (Å²) in [7, 11) is -2.99. The van der Waals surface area contributed by atoms with Crippen LogP contribution in [0.5, 0.6) is 5.75 Å². The van der Waals surface area contributed by atoms with Gasteiger partial charge in [0.15, 0.2) is 9.84 Å². The molecule has 138 valence electrons. The Morgan fingerprint density at radius 2 is 2.00 bits per heavy atom. The van der Waals surface area contributed by atoms with E-state index in [1.807, 2.05) is 31.2 Å². The molecular weight excluding hydrogens is 344 g/mol. The number of carbonyl (C=O) groups excluding carboxylic acids is 2. The van der Waals surface area contributed by atoms with Crippen LogP contribution in [0.25, 0.3) is 0 Å². The van der Waals surface area contributed by atoms with Gasteiger partial charge in [0.25, 0.3) is 0 Å². The molecule has 8 heteroatoms. The minimum atomic E-state index is -2.99. The standard InChI is InChI=1S/C17H24N2O5S/c1-13-4-2-5-15(10-13)24-8-3-6-16(20)18-19-17(21)11-14-7-9-25(22,23)12-14/h2,4-5,10,14H,3,6-9,11-12H2,1H3,(H,18,20)(H,19,21)/t14-/m0/s1. The van der Waals surface area contributed by atoms with Crippen LogP contribution >= 0.6 is 0 Å². The highest BCUT2D eigenvalue weighted by Crippen LogP contribution is 2.21. The topological polar surface area (TPSA) is 102 Å². The monoisotopic (exact) mass is 368 g/mol. The van der Waals surface area contributed by atoms with Crippen molar-refractivity contribution in [3.05, 3.63) is 29.8 Å². The van der Waals surface area contributed by atoms with Gasteiger partial charge in [-0.1, -0.05) is 12.1 Å². The Hall–Kier alpha value is -2.09. The zero-order valence-electron chi connectivity index (χ0n) is 14.3. The number of amides is 2. The zero-order chi connectivity index (χ0) is 18.3. The Balaban J connectivity index is 1.57. The number of hydrogen-bond donors (Lipinski definition) is 2. The van der Waals surface area contributed by atoms with E-state index < -0.39 is 9.84 Å². The SMILES string of the molecule is Cc1cccc(OCCCC(=O)NNC(=O)C[C@@H]2CCS(=O)(=O)C2)c1. The van der Waals surface area contributed by atoms with Gasteiger partial charge in [-0.05, 0) is 43.4 Å². The van der Waals surface area contributed by atoms with Crippen molar-refractivity contribution in [3.8, 4) is 5.75 Å². The summed E-state index contributed by atoms with van der Waals surface area (Å²) in [5, 5.41) is 0. The lowest BCUT2D eigenvalue weighted by Gasteiger charge is -2.10. The zero-order valence-corrected chi connectivity index (χ0v) is 15.1. The molecule has 0 radical (unpaired) electrons. The van der Waals surface area contributed by atoms with E-state index in [0.717, 1.165) is 11.3 Å². The summed E-state index contributed by atoms with van der Waals surface area (Å²) in [5.74, 6) is 0.111. The predicted molar refractivity (Wildman–Crippen MR) is 93.6 cm³/mol. The fourth-order valence-corrected chi connectivity index (χ4v) is 4.54. The van der Waals surface area contributed by atoms with Crippen LogP contribution in [-0.4, -0.2) is 38.3 Å². The number of ether oxygens (including phenoxy) is 1. The smallest absolute Gasteiger partial charge is 0.238 e. The summed E-state index contributed by atoms with van der Waals surface area (Å²) in [5.41, 5.74) is 5.77. The molecule has 1 fully saturated rings. The molecule has 0 bridgehead atoms. The van der Waals surface area contributed by atoms with Gasteiger partial charge in [-0.15, -0.1) is 0 Å². The van der Waals surface area contributed by atoms with Crippen molar-refractivity contribution in [1.82, 2.24) is 10.9 Å². The van der Waals surface area contributed by atoms with Crippen LogP contribution < -0.4 is 15.6 Å². The molecule has 2 rings (SSSR count). The average Bonchev–Trinajstić information content (AvgIpc) is 2.88. The van der Waals surface area contributed by atoms with Gasteiger partial charge in [-0.3, -0.25) is 20.4 Å². The molecule has 25 heavy (non-hydrogen) atoms. The van der Waals surface area contributed by atoms with E-state index in [9.17, 15) is 18.0 Å². The van der Waals surface area contributed by atoms with Gasteiger partial charge in [0.2, 0.25) is 11.8 Å². The van der Waals surface area contributed by atoms with Crippen molar-refractivity contribution in [2.45, 2.75) is 32.6 Å². The van der Waals surface area contributed by atoms with Gasteiger partial charge in [-0.25, -0.2) is 8.42 Å². The van der Waals surface area contributed by atoms with Gasteiger partial charge in [0.1, 0.15) is 5.75 Å². The molecule has 0 unspecified atom stereocenters. The average molecular weight is 368 g/mol. The third kappa shape index (κ3) is 7.13. The van der Waals surface area contributed by atoms with Crippen LogP contribution in [0, 0.1) is 12.8 Å². The summed E-state index contributed by atoms with van der Waals surface area (Å²) >= 11 is 0. The summed E-state index contributed by atoms with van der Waals surface area (Å²) in [4.78, 5) is 23.4. The summed E-state index contributed by atoms with van der Waals surface area (Å²) in [6.07, 6.45) is 1.36. The number of hydrazine groups is 1. The Morgan fingerprint density at radius 3 is 2.68 bits per heavy atom. The van der Waals surface area contributed by atoms with Gasteiger partial charge in [0, 0.05) is 12.8 Å². The van der Waals surface area contributed by atoms with Crippen molar-refractivity contribution in [3.63, 3.8) is 0 Å². The van der Waals surface area contributed by atoms with Crippen molar-refractivity contribution in [2.75, 3.05) is 18.1 Å². The fourth-order valence-electron chi connectivity index (χ4n) is 2.68. The first-order valence-corrected chi connectivity index (χ1v) is 10.1. The first-order valence-electron chi connectivity index (χ1n) is 8.31. The Kier molecular flexibility index (Phi) is 6.81. The van der Waals surface area contributed by atoms with E-state index in [2.05, 4.69) is 10.9 Å². The van der Waals surface area contributed by atoms with Gasteiger partial charge in [0.05, 0.1) is 18.1 Å². The molecule has 2 N–H and O–H groups in total. The Morgan fingerprint density at radius 1 is 1.24 bits per heavy atom. The van der Waals surface area contributed by atoms with Crippen LogP contribution in [0.15, 0.2) is 24.3 Å². The van der Waals surface area contributed by atoms with E-state index in [-0.39, 0.29) is 42.1 Å². The van der Waals surface area contributed by atoms with E-state index in [4.69, 9.17) is 4.74 Å². The molecule has 0 saturated carbocycles. The maximum Gasteiger partial charge on any atom is 0.238 e. The van der Waals surface area contributed by atoms with E-state index in [1.54, 1.807) is 0 Å². The quantitative estimate of drug-likeness (QED) is 0.555. The van der Waals surface area contributed by atoms with E-state index in [0.29, 0.717) is 19.4 Å². The molecule has 1 aromatic rings. The number of rotatable bonds is 7. The second kappa shape index (κ2) is 8.84. The van der Waals surface area contributed by atoms with Gasteiger partial charge >= 0.3 is 0 Å². The minimum Gasteiger partial charge on any atom is -0.494 e. The third-order valence-electron chi connectivity index (χ3n) is 3.95. The second-order valence-electron chi connectivity index (χ2n) is 6.34. The fraction of sp³-hybridized carbons (Fsp3) is 0.529. The Labute approximate surface area is 148 Å². The molecule has 1 saturated heterocycles. The molecule has 1 aliphatic rings. The maximum atomic E-state index is 11.7. The maximum absolute atomic E-state index is 11.7. The molecule has 0 aliphatic carbocycles. The number of hydrogen-bond acceptors (Lipinski definition) is 5. The van der Waals surface area contributed by atoms with Crippen LogP contribution in [0.2, 0.25) is 0 Å². The first kappa shape index (κ1) is 19.2. The molecule has 1 heterocycles. The molecule has 2 amide bonds. The first-order chi connectivity index (χ1) is 11.8. The normalized spacial score (nSPS) is 18.5. The number of carbonyl (C=O) groups is 2. The van der Waals surface area contributed by atoms with E-state index >= 15 is 0 Å². The molecular formula is C17H24N2O5S. The van der Waals surface area contributed by atoms with E-state index in [1.165, 1.54) is 0 Å². The van der Waals surface area contributed by atoms with Crippen molar-refractivity contribution >= 4 is 21.7 Å². The van der Waals surface area contributed by atoms with Crippen LogP contribution in [0.4, 0.5) is 0 Å². The van der Waals surface area contributed by atoms with Crippen molar-refractivity contribution in [2.24, 2.45) is 5.92 Å². The number of nitrogens with one attached hydrogen (secondary N) is 2. The molecule has 0 aromatic heterocycles. The van der Waals surface area contributed by atoms with Crippen molar-refractivity contribution < 1.29 is 22.7 Å². The lowest BCUT2D eigenvalue weighted by molar-refractivity contribution is -0.129. The second-order valence-corrected chi connectivity index (χ2v) is 8.57. The predicted octanol–water partition coefficient (Wildman–Crippen LogP) is 1.13. The summed E-state index contributed by atoms with van der Waals surface area (Å²) in [6, 6.07) is 7.66. The van der Waals surface area contributed by atoms with Crippen LogP contribution in [0.3, 0.4) is 0 Å². The third-order valence-corrected chi connectivity index (χ3v) is 5.79. The highest BCUT2D eigenvalue weighted by atomic mass is 32.2. The van der Waals surface area contributed by atoms with Crippen molar-refractivity contribution in [1.29, 1.82) is 0 Å². The summed E-state index contributed by atoms with van der Waals surface area (Å²) < 4.78 is 28.2. The number of aryl methyl sites for hydroxylation is 1. The number of sulfone groups is 1. The van der Waals surface area contributed by atoms with Gasteiger partial charge in [-0.2, -0.15) is 0 Å². The summed E-state index contributed by atoms with van der Waals surface area (Å²) in [6.45, 7) is 2.38. The lowest BCUT2D eigenvalue weighted by atomic mass is 10.1. The molecule has 1 atom stereocenters. The highest BCUT2D eigenvalue weighted by molar-refractivity contribution is 7.91. The Bertz CT molecular complexity index is 718.